The van der Waals surface area contributed by atoms with E-state index in [0.29, 0.717) is 33.7 Å². The molecule has 0 aliphatic carbocycles. The van der Waals surface area contributed by atoms with E-state index >= 15 is 0 Å². The SMILES string of the molecule is O=C(O)c1cccnc1Cc1c(Cl)ccc(OCc2ccccc2)c1Cl. The zero-order chi connectivity index (χ0) is 18.5. The van der Waals surface area contributed by atoms with Gasteiger partial charge in [0.15, 0.2) is 0 Å². The van der Waals surface area contributed by atoms with E-state index in [2.05, 4.69) is 4.98 Å². The smallest absolute Gasteiger partial charge is 0.337 e. The molecule has 0 saturated carbocycles. The molecule has 2 aromatic carbocycles. The van der Waals surface area contributed by atoms with Crippen molar-refractivity contribution in [1.29, 1.82) is 0 Å². The Morgan fingerprint density at radius 2 is 1.81 bits per heavy atom. The Kier molecular flexibility index (Phi) is 5.76. The molecule has 0 aliphatic rings. The highest BCUT2D eigenvalue weighted by atomic mass is 35.5. The van der Waals surface area contributed by atoms with Crippen LogP contribution in [-0.2, 0) is 13.0 Å². The lowest BCUT2D eigenvalue weighted by Gasteiger charge is -2.13. The molecule has 132 valence electrons. The van der Waals surface area contributed by atoms with Crippen LogP contribution in [0.1, 0.15) is 27.2 Å². The molecule has 0 amide bonds. The number of aromatic carboxylic acids is 1. The minimum atomic E-state index is -1.04. The summed E-state index contributed by atoms with van der Waals surface area (Å²) in [6.07, 6.45) is 1.74. The third-order valence-electron chi connectivity index (χ3n) is 3.85. The number of carboxylic acid groups (broad SMARTS) is 1. The Labute approximate surface area is 161 Å². The van der Waals surface area contributed by atoms with E-state index in [0.717, 1.165) is 5.56 Å². The summed E-state index contributed by atoms with van der Waals surface area (Å²) >= 11 is 12.8. The van der Waals surface area contributed by atoms with Crippen LogP contribution in [-0.4, -0.2) is 16.1 Å². The molecule has 0 aliphatic heterocycles. The number of rotatable bonds is 6. The zero-order valence-corrected chi connectivity index (χ0v) is 15.2. The van der Waals surface area contributed by atoms with Gasteiger partial charge >= 0.3 is 5.97 Å². The standard InChI is InChI=1S/C20H15Cl2NO3/c21-16-8-9-18(26-12-13-5-2-1-3-6-13)19(22)15(16)11-17-14(20(24)25)7-4-10-23-17/h1-10H,11-12H2,(H,24,25). The average molecular weight is 388 g/mol. The van der Waals surface area contributed by atoms with E-state index in [-0.39, 0.29) is 12.0 Å². The fourth-order valence-corrected chi connectivity index (χ4v) is 3.08. The van der Waals surface area contributed by atoms with Crippen LogP contribution in [0.25, 0.3) is 0 Å². The lowest BCUT2D eigenvalue weighted by molar-refractivity contribution is 0.0695. The van der Waals surface area contributed by atoms with Gasteiger partial charge in [-0.15, -0.1) is 0 Å². The van der Waals surface area contributed by atoms with Crippen molar-refractivity contribution in [2.75, 3.05) is 0 Å². The van der Waals surface area contributed by atoms with Crippen molar-refractivity contribution in [3.63, 3.8) is 0 Å². The second-order valence-electron chi connectivity index (χ2n) is 5.59. The Hall–Kier alpha value is -2.56. The van der Waals surface area contributed by atoms with Crippen molar-refractivity contribution in [2.45, 2.75) is 13.0 Å². The molecule has 26 heavy (non-hydrogen) atoms. The maximum atomic E-state index is 11.4. The van der Waals surface area contributed by atoms with Crippen LogP contribution in [0.5, 0.6) is 5.75 Å². The highest BCUT2D eigenvalue weighted by Gasteiger charge is 2.17. The largest absolute Gasteiger partial charge is 0.487 e. The number of hydrogen-bond acceptors (Lipinski definition) is 3. The van der Waals surface area contributed by atoms with Crippen molar-refractivity contribution in [2.24, 2.45) is 0 Å². The number of halogens is 2. The number of carbonyl (C=O) groups is 1. The first kappa shape index (κ1) is 18.2. The summed E-state index contributed by atoms with van der Waals surface area (Å²) in [7, 11) is 0. The van der Waals surface area contributed by atoms with Gasteiger partial charge in [-0.05, 0) is 35.4 Å². The molecule has 3 aromatic rings. The molecule has 0 saturated heterocycles. The Morgan fingerprint density at radius 3 is 2.54 bits per heavy atom. The van der Waals surface area contributed by atoms with Crippen molar-refractivity contribution in [1.82, 2.24) is 4.98 Å². The number of carboxylic acids is 1. The van der Waals surface area contributed by atoms with Crippen LogP contribution in [0.3, 0.4) is 0 Å². The molecule has 1 aromatic heterocycles. The summed E-state index contributed by atoms with van der Waals surface area (Å²) in [5.41, 5.74) is 2.11. The number of nitrogens with zero attached hydrogens (tertiary/aromatic N) is 1. The molecular formula is C20H15Cl2NO3. The second-order valence-corrected chi connectivity index (χ2v) is 6.38. The van der Waals surface area contributed by atoms with Crippen LogP contribution in [0.4, 0.5) is 0 Å². The summed E-state index contributed by atoms with van der Waals surface area (Å²) in [4.78, 5) is 15.5. The fraction of sp³-hybridized carbons (Fsp3) is 0.100. The van der Waals surface area contributed by atoms with Crippen LogP contribution in [0.15, 0.2) is 60.8 Å². The third kappa shape index (κ3) is 4.15. The molecule has 0 atom stereocenters. The van der Waals surface area contributed by atoms with Gasteiger partial charge in [0, 0.05) is 17.6 Å². The molecule has 0 radical (unpaired) electrons. The van der Waals surface area contributed by atoms with E-state index in [1.807, 2.05) is 30.3 Å². The topological polar surface area (TPSA) is 59.4 Å². The summed E-state index contributed by atoms with van der Waals surface area (Å²) in [6, 6.07) is 16.2. The number of benzene rings is 2. The predicted molar refractivity (Wildman–Crippen MR) is 101 cm³/mol. The Bertz CT molecular complexity index is 930. The van der Waals surface area contributed by atoms with E-state index in [1.54, 1.807) is 24.4 Å². The molecule has 3 rings (SSSR count). The van der Waals surface area contributed by atoms with Gasteiger partial charge in [0.05, 0.1) is 16.3 Å². The minimum absolute atomic E-state index is 0.121. The monoisotopic (exact) mass is 387 g/mol. The van der Waals surface area contributed by atoms with Gasteiger partial charge in [0.25, 0.3) is 0 Å². The van der Waals surface area contributed by atoms with Gasteiger partial charge in [-0.3, -0.25) is 4.98 Å². The number of aromatic nitrogens is 1. The fourth-order valence-electron chi connectivity index (χ4n) is 2.53. The van der Waals surface area contributed by atoms with Gasteiger partial charge in [-0.25, -0.2) is 4.79 Å². The van der Waals surface area contributed by atoms with E-state index in [1.165, 1.54) is 6.07 Å². The lowest BCUT2D eigenvalue weighted by atomic mass is 10.0. The van der Waals surface area contributed by atoms with E-state index in [9.17, 15) is 9.90 Å². The maximum absolute atomic E-state index is 11.4. The first-order valence-electron chi connectivity index (χ1n) is 7.87. The van der Waals surface area contributed by atoms with Gasteiger partial charge in [-0.1, -0.05) is 53.5 Å². The third-order valence-corrected chi connectivity index (χ3v) is 4.62. The second kappa shape index (κ2) is 8.21. The first-order chi connectivity index (χ1) is 12.6. The number of pyridine rings is 1. The lowest BCUT2D eigenvalue weighted by Crippen LogP contribution is -2.06. The predicted octanol–water partition coefficient (Wildman–Crippen LogP) is 5.26. The summed E-state index contributed by atoms with van der Waals surface area (Å²) in [5, 5.41) is 10.1. The van der Waals surface area contributed by atoms with Crippen LogP contribution >= 0.6 is 23.2 Å². The van der Waals surface area contributed by atoms with Gasteiger partial charge in [-0.2, -0.15) is 0 Å². The van der Waals surface area contributed by atoms with Gasteiger partial charge < -0.3 is 9.84 Å². The van der Waals surface area contributed by atoms with Crippen molar-refractivity contribution in [3.05, 3.63) is 93.2 Å². The van der Waals surface area contributed by atoms with Gasteiger partial charge in [0.1, 0.15) is 12.4 Å². The summed E-state index contributed by atoms with van der Waals surface area (Å²) in [5.74, 6) is -0.556. The molecule has 4 nitrogen and oxygen atoms in total. The quantitative estimate of drug-likeness (QED) is 0.626. The first-order valence-corrected chi connectivity index (χ1v) is 8.62. The summed E-state index contributed by atoms with van der Waals surface area (Å²) in [6.45, 7) is 0.367. The molecule has 0 bridgehead atoms. The average Bonchev–Trinajstić information content (AvgIpc) is 2.65. The molecule has 0 unspecified atom stereocenters. The molecule has 0 fully saturated rings. The van der Waals surface area contributed by atoms with Crippen molar-refractivity contribution in [3.8, 4) is 5.75 Å². The molecule has 6 heteroatoms. The highest BCUT2D eigenvalue weighted by Crippen LogP contribution is 2.35. The minimum Gasteiger partial charge on any atom is -0.487 e. The zero-order valence-electron chi connectivity index (χ0n) is 13.7. The molecule has 1 heterocycles. The van der Waals surface area contributed by atoms with Crippen LogP contribution in [0.2, 0.25) is 10.0 Å². The molecule has 1 N–H and O–H groups in total. The van der Waals surface area contributed by atoms with E-state index in [4.69, 9.17) is 27.9 Å². The molecular weight excluding hydrogens is 373 g/mol. The van der Waals surface area contributed by atoms with Crippen LogP contribution < -0.4 is 4.74 Å². The van der Waals surface area contributed by atoms with Crippen molar-refractivity contribution >= 4 is 29.2 Å². The Balaban J connectivity index is 1.87. The van der Waals surface area contributed by atoms with Crippen LogP contribution in [0, 0.1) is 0 Å². The van der Waals surface area contributed by atoms with Gasteiger partial charge in [0.2, 0.25) is 0 Å². The number of ether oxygens (including phenoxy) is 1. The Morgan fingerprint density at radius 1 is 1.04 bits per heavy atom. The van der Waals surface area contributed by atoms with E-state index < -0.39 is 5.97 Å². The highest BCUT2D eigenvalue weighted by molar-refractivity contribution is 6.37. The van der Waals surface area contributed by atoms with Crippen molar-refractivity contribution < 1.29 is 14.6 Å². The normalized spacial score (nSPS) is 10.5. The number of hydrogen-bond donors (Lipinski definition) is 1. The maximum Gasteiger partial charge on any atom is 0.337 e. The summed E-state index contributed by atoms with van der Waals surface area (Å²) < 4.78 is 5.81. The molecule has 0 spiro atoms.